The molecule has 34 heavy (non-hydrogen) atoms. The molecule has 4 aromatic carbocycles. The highest BCUT2D eigenvalue weighted by Crippen LogP contribution is 2.37. The summed E-state index contributed by atoms with van der Waals surface area (Å²) in [6, 6.07) is 35.8. The zero-order valence-electron chi connectivity index (χ0n) is 18.3. The van der Waals surface area contributed by atoms with Crippen molar-refractivity contribution in [2.75, 3.05) is 0 Å². The highest BCUT2D eigenvalue weighted by molar-refractivity contribution is 6.21. The van der Waals surface area contributed by atoms with Gasteiger partial charge in [-0.25, -0.2) is 4.98 Å². The Morgan fingerprint density at radius 3 is 2.03 bits per heavy atom. The van der Waals surface area contributed by atoms with Gasteiger partial charge < -0.3 is 4.57 Å². The SMILES string of the molecule is c1ccc(-c2cnc(-n3c4ccccc4c4c5ccn(-c6ccccc6)c5ccc43)cn2)cc1. The average Bonchev–Trinajstić information content (AvgIpc) is 3.49. The van der Waals surface area contributed by atoms with Crippen LogP contribution in [0.25, 0.3) is 55.5 Å². The lowest BCUT2D eigenvalue weighted by Gasteiger charge is -2.08. The van der Waals surface area contributed by atoms with Crippen LogP contribution >= 0.6 is 0 Å². The lowest BCUT2D eigenvalue weighted by Crippen LogP contribution is -1.99. The maximum atomic E-state index is 4.83. The number of benzene rings is 4. The maximum Gasteiger partial charge on any atom is 0.156 e. The Morgan fingerprint density at radius 1 is 0.529 bits per heavy atom. The third kappa shape index (κ3) is 2.79. The minimum atomic E-state index is 0.813. The summed E-state index contributed by atoms with van der Waals surface area (Å²) < 4.78 is 4.46. The summed E-state index contributed by atoms with van der Waals surface area (Å²) in [7, 11) is 0. The van der Waals surface area contributed by atoms with Crippen molar-refractivity contribution >= 4 is 32.7 Å². The number of hydrogen-bond acceptors (Lipinski definition) is 2. The summed E-state index contributed by atoms with van der Waals surface area (Å²) in [6.45, 7) is 0. The Hall–Kier alpha value is -4.70. The fourth-order valence-corrected chi connectivity index (χ4v) is 4.94. The van der Waals surface area contributed by atoms with Crippen molar-refractivity contribution in [3.63, 3.8) is 0 Å². The van der Waals surface area contributed by atoms with E-state index in [1.807, 2.05) is 36.7 Å². The average molecular weight is 437 g/mol. The molecule has 0 spiro atoms. The number of hydrogen-bond donors (Lipinski definition) is 0. The molecule has 4 nitrogen and oxygen atoms in total. The Kier molecular flexibility index (Phi) is 4.11. The van der Waals surface area contributed by atoms with Gasteiger partial charge in [0.2, 0.25) is 0 Å². The zero-order valence-corrected chi connectivity index (χ0v) is 18.3. The van der Waals surface area contributed by atoms with Crippen LogP contribution in [0.15, 0.2) is 122 Å². The first-order valence-electron chi connectivity index (χ1n) is 11.3. The van der Waals surface area contributed by atoms with Crippen LogP contribution in [0.4, 0.5) is 0 Å². The van der Waals surface area contributed by atoms with Crippen LogP contribution in [0.2, 0.25) is 0 Å². The standard InChI is InChI=1S/C30H20N4/c1-3-9-21(10-4-1)25-19-32-29(20-31-25)34-27-14-8-7-13-23(27)30-24-17-18-33(22-11-5-2-6-12-22)26(24)15-16-28(30)34/h1-20H. The molecule has 7 rings (SSSR count). The third-order valence-corrected chi connectivity index (χ3v) is 6.48. The van der Waals surface area contributed by atoms with E-state index in [1.54, 1.807) is 0 Å². The molecular weight excluding hydrogens is 416 g/mol. The summed E-state index contributed by atoms with van der Waals surface area (Å²) in [5, 5.41) is 3.67. The van der Waals surface area contributed by atoms with Gasteiger partial charge in [0, 0.05) is 33.6 Å². The summed E-state index contributed by atoms with van der Waals surface area (Å²) in [5.74, 6) is 0.813. The molecule has 0 amide bonds. The second kappa shape index (κ2) is 7.42. The molecule has 0 saturated carbocycles. The quantitative estimate of drug-likeness (QED) is 0.294. The van der Waals surface area contributed by atoms with Gasteiger partial charge in [0.15, 0.2) is 5.82 Å². The molecule has 0 bridgehead atoms. The van der Waals surface area contributed by atoms with E-state index >= 15 is 0 Å². The van der Waals surface area contributed by atoms with Crippen molar-refractivity contribution in [3.05, 3.63) is 122 Å². The Morgan fingerprint density at radius 2 is 1.24 bits per heavy atom. The Labute approximate surface area is 196 Å². The van der Waals surface area contributed by atoms with E-state index in [9.17, 15) is 0 Å². The minimum absolute atomic E-state index is 0.813. The molecule has 0 atom stereocenters. The van der Waals surface area contributed by atoms with Crippen molar-refractivity contribution in [1.29, 1.82) is 0 Å². The molecule has 0 aliphatic rings. The van der Waals surface area contributed by atoms with Gasteiger partial charge >= 0.3 is 0 Å². The molecule has 160 valence electrons. The van der Waals surface area contributed by atoms with Crippen molar-refractivity contribution < 1.29 is 0 Å². The van der Waals surface area contributed by atoms with Crippen LogP contribution in [0.5, 0.6) is 0 Å². The van der Waals surface area contributed by atoms with Crippen LogP contribution in [0.1, 0.15) is 0 Å². The molecule has 0 fully saturated rings. The topological polar surface area (TPSA) is 35.6 Å². The largest absolute Gasteiger partial charge is 0.317 e. The van der Waals surface area contributed by atoms with Crippen molar-refractivity contribution in [1.82, 2.24) is 19.1 Å². The Balaban J connectivity index is 1.47. The van der Waals surface area contributed by atoms with Gasteiger partial charge in [0.25, 0.3) is 0 Å². The molecule has 0 aliphatic heterocycles. The van der Waals surface area contributed by atoms with E-state index < -0.39 is 0 Å². The molecule has 7 aromatic rings. The van der Waals surface area contributed by atoms with Crippen molar-refractivity contribution in [3.8, 4) is 22.8 Å². The summed E-state index contributed by atoms with van der Waals surface area (Å²) in [6.07, 6.45) is 5.88. The van der Waals surface area contributed by atoms with Gasteiger partial charge in [-0.2, -0.15) is 0 Å². The molecule has 3 heterocycles. The number of fused-ring (bicyclic) bond motifs is 5. The first-order valence-corrected chi connectivity index (χ1v) is 11.3. The zero-order chi connectivity index (χ0) is 22.5. The molecule has 0 unspecified atom stereocenters. The predicted molar refractivity (Wildman–Crippen MR) is 139 cm³/mol. The van der Waals surface area contributed by atoms with Gasteiger partial charge in [0.05, 0.1) is 34.6 Å². The van der Waals surface area contributed by atoms with E-state index in [-0.39, 0.29) is 0 Å². The minimum Gasteiger partial charge on any atom is -0.317 e. The molecule has 0 saturated heterocycles. The van der Waals surface area contributed by atoms with Crippen LogP contribution in [-0.2, 0) is 0 Å². The first-order chi connectivity index (χ1) is 16.9. The van der Waals surface area contributed by atoms with Crippen molar-refractivity contribution in [2.45, 2.75) is 0 Å². The Bertz CT molecular complexity index is 1780. The molecular formula is C30H20N4. The van der Waals surface area contributed by atoms with E-state index in [1.165, 1.54) is 21.7 Å². The maximum absolute atomic E-state index is 4.83. The molecule has 4 heteroatoms. The number of para-hydroxylation sites is 2. The van der Waals surface area contributed by atoms with E-state index in [0.29, 0.717) is 0 Å². The van der Waals surface area contributed by atoms with Gasteiger partial charge in [-0.3, -0.25) is 9.55 Å². The number of rotatable bonds is 3. The lowest BCUT2D eigenvalue weighted by atomic mass is 10.1. The summed E-state index contributed by atoms with van der Waals surface area (Å²) in [4.78, 5) is 9.56. The van der Waals surface area contributed by atoms with Crippen LogP contribution in [0.3, 0.4) is 0 Å². The number of nitrogens with zero attached hydrogens (tertiary/aromatic N) is 4. The fraction of sp³-hybridized carbons (Fsp3) is 0. The van der Waals surface area contributed by atoms with Crippen LogP contribution < -0.4 is 0 Å². The van der Waals surface area contributed by atoms with Crippen LogP contribution in [0, 0.1) is 0 Å². The highest BCUT2D eigenvalue weighted by Gasteiger charge is 2.17. The highest BCUT2D eigenvalue weighted by atomic mass is 15.1. The second-order valence-corrected chi connectivity index (χ2v) is 8.39. The van der Waals surface area contributed by atoms with E-state index in [4.69, 9.17) is 9.97 Å². The van der Waals surface area contributed by atoms with Crippen LogP contribution in [-0.4, -0.2) is 19.1 Å². The monoisotopic (exact) mass is 436 g/mol. The summed E-state index contributed by atoms with van der Waals surface area (Å²) in [5.41, 5.74) is 6.52. The molecule has 0 N–H and O–H groups in total. The van der Waals surface area contributed by atoms with Crippen molar-refractivity contribution in [2.24, 2.45) is 0 Å². The first kappa shape index (κ1) is 18.8. The van der Waals surface area contributed by atoms with Gasteiger partial charge in [-0.1, -0.05) is 66.7 Å². The number of aromatic nitrogens is 4. The molecule has 3 aromatic heterocycles. The predicted octanol–water partition coefficient (Wildman–Crippen LogP) is 7.18. The second-order valence-electron chi connectivity index (χ2n) is 8.39. The van der Waals surface area contributed by atoms with E-state index in [2.05, 4.69) is 94.2 Å². The molecule has 0 radical (unpaired) electrons. The summed E-state index contributed by atoms with van der Waals surface area (Å²) >= 11 is 0. The third-order valence-electron chi connectivity index (χ3n) is 6.48. The lowest BCUT2D eigenvalue weighted by molar-refractivity contribution is 1.04. The fourth-order valence-electron chi connectivity index (χ4n) is 4.94. The smallest absolute Gasteiger partial charge is 0.156 e. The van der Waals surface area contributed by atoms with Gasteiger partial charge in [-0.15, -0.1) is 0 Å². The van der Waals surface area contributed by atoms with Gasteiger partial charge in [0.1, 0.15) is 0 Å². The van der Waals surface area contributed by atoms with Gasteiger partial charge in [-0.05, 0) is 36.4 Å². The normalized spacial score (nSPS) is 11.5. The molecule has 0 aliphatic carbocycles. The van der Waals surface area contributed by atoms with E-state index in [0.717, 1.165) is 33.8 Å².